The second kappa shape index (κ2) is 10.6. The minimum atomic E-state index is -0.235. The van der Waals surface area contributed by atoms with E-state index in [2.05, 4.69) is 41.9 Å². The van der Waals surface area contributed by atoms with E-state index in [1.54, 1.807) is 24.4 Å². The summed E-state index contributed by atoms with van der Waals surface area (Å²) in [6, 6.07) is 10.8. The molecule has 0 saturated carbocycles. The number of ether oxygens (including phenoxy) is 2. The Labute approximate surface area is 196 Å². The van der Waals surface area contributed by atoms with Crippen LogP contribution in [0.1, 0.15) is 31.7 Å². The van der Waals surface area contributed by atoms with E-state index < -0.39 is 0 Å². The molecule has 0 aliphatic rings. The Balaban J connectivity index is 2.09. The molecule has 0 spiro atoms. The highest BCUT2D eigenvalue weighted by molar-refractivity contribution is 9.10. The van der Waals surface area contributed by atoms with Crippen molar-refractivity contribution in [2.75, 3.05) is 13.2 Å². The number of hydrogen-bond acceptors (Lipinski definition) is 6. The Bertz CT molecular complexity index is 1230. The summed E-state index contributed by atoms with van der Waals surface area (Å²) in [6.45, 7) is 4.23. The topological polar surface area (TPSA) is 89.5 Å². The average molecular weight is 548 g/mol. The molecular weight excluding hydrogens is 528 g/mol. The minimum absolute atomic E-state index is 0.0892. The summed E-state index contributed by atoms with van der Waals surface area (Å²) < 4.78 is 13.9. The van der Waals surface area contributed by atoms with Crippen molar-refractivity contribution in [2.24, 2.45) is 5.10 Å². The van der Waals surface area contributed by atoms with Gasteiger partial charge in [0.05, 0.1) is 23.7 Å². The molecule has 0 saturated heterocycles. The fraction of sp³-hybridized carbons (Fsp3) is 0.273. The summed E-state index contributed by atoms with van der Waals surface area (Å²) in [5.74, 6) is 1.53. The normalized spacial score (nSPS) is 11.1. The maximum atomic E-state index is 13.1. The summed E-state index contributed by atoms with van der Waals surface area (Å²) in [5.41, 5.74) is 1.10. The predicted molar refractivity (Wildman–Crippen MR) is 127 cm³/mol. The van der Waals surface area contributed by atoms with E-state index in [0.29, 0.717) is 51.3 Å². The van der Waals surface area contributed by atoms with Gasteiger partial charge in [-0.15, -0.1) is 0 Å². The van der Waals surface area contributed by atoms with Gasteiger partial charge >= 0.3 is 0 Å². The number of halogens is 2. The Morgan fingerprint density at radius 3 is 2.68 bits per heavy atom. The highest BCUT2D eigenvalue weighted by atomic mass is 79.9. The molecule has 7 nitrogen and oxygen atoms in total. The van der Waals surface area contributed by atoms with Crippen LogP contribution in [0.15, 0.2) is 49.2 Å². The van der Waals surface area contributed by atoms with Crippen molar-refractivity contribution < 1.29 is 9.47 Å². The van der Waals surface area contributed by atoms with Gasteiger partial charge in [0.25, 0.3) is 5.56 Å². The van der Waals surface area contributed by atoms with E-state index in [4.69, 9.17) is 14.7 Å². The van der Waals surface area contributed by atoms with E-state index >= 15 is 0 Å². The maximum Gasteiger partial charge on any atom is 0.282 e. The molecule has 0 aliphatic carbocycles. The van der Waals surface area contributed by atoms with Crippen LogP contribution >= 0.6 is 31.9 Å². The lowest BCUT2D eigenvalue weighted by Crippen LogP contribution is -2.22. The zero-order chi connectivity index (χ0) is 22.4. The third-order valence-electron chi connectivity index (χ3n) is 4.32. The number of aromatic nitrogens is 2. The molecule has 1 heterocycles. The molecule has 3 rings (SSSR count). The van der Waals surface area contributed by atoms with Crippen molar-refractivity contribution in [1.29, 1.82) is 5.26 Å². The SMILES string of the molecule is CCCc1nc2ccc(Br)cc2c(=O)n1N=Cc1cc(OCC)c(OCC#N)cc1Br. The molecule has 3 aromatic rings. The molecule has 0 atom stereocenters. The second-order valence-electron chi connectivity index (χ2n) is 6.50. The third kappa shape index (κ3) is 5.32. The van der Waals surface area contributed by atoms with E-state index in [0.717, 1.165) is 10.9 Å². The van der Waals surface area contributed by atoms with E-state index in [1.165, 1.54) is 4.68 Å². The lowest BCUT2D eigenvalue weighted by molar-refractivity contribution is 0.298. The maximum absolute atomic E-state index is 13.1. The Hall–Kier alpha value is -2.70. The van der Waals surface area contributed by atoms with Crippen molar-refractivity contribution in [3.8, 4) is 17.6 Å². The number of hydrogen-bond donors (Lipinski definition) is 0. The molecule has 31 heavy (non-hydrogen) atoms. The van der Waals surface area contributed by atoms with Crippen LogP contribution < -0.4 is 15.0 Å². The number of rotatable bonds is 8. The van der Waals surface area contributed by atoms with Gasteiger partial charge in [0.1, 0.15) is 11.9 Å². The van der Waals surface area contributed by atoms with Gasteiger partial charge in [0.15, 0.2) is 18.1 Å². The van der Waals surface area contributed by atoms with Crippen molar-refractivity contribution in [3.05, 3.63) is 61.0 Å². The van der Waals surface area contributed by atoms with Gasteiger partial charge in [-0.25, -0.2) is 4.98 Å². The van der Waals surface area contributed by atoms with Gasteiger partial charge in [-0.3, -0.25) is 4.79 Å². The van der Waals surface area contributed by atoms with Gasteiger partial charge in [-0.05, 0) is 59.6 Å². The molecule has 0 aliphatic heterocycles. The van der Waals surface area contributed by atoms with E-state index in [1.807, 2.05) is 32.0 Å². The van der Waals surface area contributed by atoms with E-state index in [9.17, 15) is 4.79 Å². The molecule has 2 aromatic carbocycles. The highest BCUT2D eigenvalue weighted by Gasteiger charge is 2.13. The first-order chi connectivity index (χ1) is 15.0. The molecule has 0 amide bonds. The summed E-state index contributed by atoms with van der Waals surface area (Å²) in [6.07, 6.45) is 3.02. The van der Waals surface area contributed by atoms with Gasteiger partial charge < -0.3 is 9.47 Å². The minimum Gasteiger partial charge on any atom is -0.490 e. The molecule has 0 N–H and O–H groups in total. The fourth-order valence-electron chi connectivity index (χ4n) is 2.96. The summed E-state index contributed by atoms with van der Waals surface area (Å²) in [7, 11) is 0. The number of aryl methyl sites for hydroxylation is 1. The number of nitriles is 1. The average Bonchev–Trinajstić information content (AvgIpc) is 2.75. The van der Waals surface area contributed by atoms with Crippen molar-refractivity contribution in [1.82, 2.24) is 9.66 Å². The first-order valence-corrected chi connectivity index (χ1v) is 11.3. The van der Waals surface area contributed by atoms with Gasteiger partial charge in [0.2, 0.25) is 0 Å². The third-order valence-corrected chi connectivity index (χ3v) is 5.50. The molecule has 1 aromatic heterocycles. The Morgan fingerprint density at radius 1 is 1.19 bits per heavy atom. The lowest BCUT2D eigenvalue weighted by Gasteiger charge is -2.12. The molecule has 0 fully saturated rings. The smallest absolute Gasteiger partial charge is 0.282 e. The van der Waals surface area contributed by atoms with Gasteiger partial charge in [-0.1, -0.05) is 22.9 Å². The van der Waals surface area contributed by atoms with E-state index in [-0.39, 0.29) is 12.2 Å². The highest BCUT2D eigenvalue weighted by Crippen LogP contribution is 2.33. The summed E-state index contributed by atoms with van der Waals surface area (Å²) >= 11 is 6.90. The van der Waals surface area contributed by atoms with Crippen LogP contribution in [-0.4, -0.2) is 29.1 Å². The van der Waals surface area contributed by atoms with Gasteiger partial charge in [-0.2, -0.15) is 15.0 Å². The molecule has 9 heteroatoms. The zero-order valence-corrected chi connectivity index (χ0v) is 20.2. The number of benzene rings is 2. The van der Waals surface area contributed by atoms with Crippen LogP contribution in [0.3, 0.4) is 0 Å². The molecular formula is C22H20Br2N4O3. The predicted octanol–water partition coefficient (Wildman–Crippen LogP) is 5.06. The number of fused-ring (bicyclic) bond motifs is 1. The van der Waals surface area contributed by atoms with Crippen LogP contribution in [0.2, 0.25) is 0 Å². The van der Waals surface area contributed by atoms with Gasteiger partial charge in [0, 0.05) is 20.9 Å². The Morgan fingerprint density at radius 2 is 1.97 bits per heavy atom. The number of nitrogens with zero attached hydrogens (tertiary/aromatic N) is 4. The van der Waals surface area contributed by atoms with Crippen LogP contribution in [-0.2, 0) is 6.42 Å². The largest absolute Gasteiger partial charge is 0.490 e. The quantitative estimate of drug-likeness (QED) is 0.368. The molecule has 160 valence electrons. The molecule has 0 radical (unpaired) electrons. The van der Waals surface area contributed by atoms with Crippen LogP contribution in [0.25, 0.3) is 10.9 Å². The van der Waals surface area contributed by atoms with Crippen molar-refractivity contribution in [3.63, 3.8) is 0 Å². The second-order valence-corrected chi connectivity index (χ2v) is 8.27. The standard InChI is InChI=1S/C22H20Br2N4O3/c1-3-5-21-27-18-7-6-15(23)11-16(18)22(29)28(21)26-13-14-10-19(30-4-2)20(12-17(14)24)31-9-8-25/h6-7,10-13H,3-5,9H2,1-2H3. The molecule has 0 unspecified atom stereocenters. The summed E-state index contributed by atoms with van der Waals surface area (Å²) in [4.78, 5) is 17.8. The van der Waals surface area contributed by atoms with Crippen LogP contribution in [0, 0.1) is 11.3 Å². The summed E-state index contributed by atoms with van der Waals surface area (Å²) in [5, 5.41) is 13.7. The molecule has 0 bridgehead atoms. The Kier molecular flexibility index (Phi) is 7.82. The fourth-order valence-corrected chi connectivity index (χ4v) is 3.75. The van der Waals surface area contributed by atoms with Crippen LogP contribution in [0.5, 0.6) is 11.5 Å². The first-order valence-electron chi connectivity index (χ1n) is 9.70. The van der Waals surface area contributed by atoms with Crippen molar-refractivity contribution >= 4 is 49.0 Å². The monoisotopic (exact) mass is 546 g/mol. The van der Waals surface area contributed by atoms with Crippen LogP contribution in [0.4, 0.5) is 0 Å². The first kappa shape index (κ1) is 23.0. The van der Waals surface area contributed by atoms with Crippen molar-refractivity contribution in [2.45, 2.75) is 26.7 Å². The zero-order valence-electron chi connectivity index (χ0n) is 17.1. The lowest BCUT2D eigenvalue weighted by atomic mass is 10.2.